The Balaban J connectivity index is 0.00000147. The van der Waals surface area contributed by atoms with Crippen LogP contribution in [0.25, 0.3) is 10.9 Å². The fourth-order valence-electron chi connectivity index (χ4n) is 2.65. The van der Waals surface area contributed by atoms with Crippen LogP contribution >= 0.6 is 12.4 Å². The highest BCUT2D eigenvalue weighted by atomic mass is 35.5. The number of fused-ring (bicyclic) bond motifs is 1. The maximum absolute atomic E-state index is 12.5. The lowest BCUT2D eigenvalue weighted by atomic mass is 10.0. The van der Waals surface area contributed by atoms with E-state index in [1.54, 1.807) is 0 Å². The van der Waals surface area contributed by atoms with Crippen LogP contribution in [0, 0.1) is 0 Å². The number of halogens is 1. The number of piperidine rings is 1. The smallest absolute Gasteiger partial charge is 0.274 e. The molecule has 108 valence electrons. The Morgan fingerprint density at radius 2 is 2.00 bits per heavy atom. The van der Waals surface area contributed by atoms with Gasteiger partial charge in [0.05, 0.1) is 5.52 Å². The van der Waals surface area contributed by atoms with E-state index in [-0.39, 0.29) is 18.3 Å². The number of hydrogen-bond acceptors (Lipinski definition) is 3. The second-order valence-electron chi connectivity index (χ2n) is 5.02. The van der Waals surface area contributed by atoms with Crippen LogP contribution in [0.3, 0.4) is 0 Å². The fraction of sp³-hybridized carbons (Fsp3) is 0.429. The lowest BCUT2D eigenvalue weighted by molar-refractivity contribution is 0.0699. The molecule has 1 aromatic carbocycles. The third kappa shape index (κ3) is 2.64. The molecule has 0 spiro atoms. The Bertz CT molecular complexity index is 592. The minimum absolute atomic E-state index is 0. The van der Waals surface area contributed by atoms with Crippen molar-refractivity contribution in [3.8, 4) is 0 Å². The van der Waals surface area contributed by atoms with Gasteiger partial charge in [0.25, 0.3) is 5.91 Å². The molecule has 3 rings (SSSR count). The molecule has 20 heavy (non-hydrogen) atoms. The number of nitrogens with zero attached hydrogens (tertiary/aromatic N) is 2. The van der Waals surface area contributed by atoms with E-state index in [1.807, 2.05) is 36.2 Å². The number of para-hydroxylation sites is 1. The first-order valence-electron chi connectivity index (χ1n) is 6.68. The Kier molecular flexibility index (Phi) is 4.62. The molecule has 2 heterocycles. The molecule has 6 heteroatoms. The average molecular weight is 295 g/mol. The number of nitrogens with one attached hydrogen (secondary N) is 2. The molecule has 0 aliphatic carbocycles. The normalized spacial score (nSPS) is 15.8. The number of H-pyrrole nitrogens is 1. The Morgan fingerprint density at radius 1 is 1.30 bits per heavy atom. The first-order valence-corrected chi connectivity index (χ1v) is 6.68. The van der Waals surface area contributed by atoms with E-state index >= 15 is 0 Å². The zero-order valence-electron chi connectivity index (χ0n) is 11.4. The van der Waals surface area contributed by atoms with E-state index in [0.717, 1.165) is 36.8 Å². The summed E-state index contributed by atoms with van der Waals surface area (Å²) >= 11 is 0. The minimum atomic E-state index is 0. The number of aromatic nitrogens is 2. The molecular formula is C14H19ClN4O. The molecule has 0 radical (unpaired) electrons. The number of carbonyl (C=O) groups is 1. The van der Waals surface area contributed by atoms with Gasteiger partial charge in [0.1, 0.15) is 0 Å². The second kappa shape index (κ2) is 6.24. The van der Waals surface area contributed by atoms with Gasteiger partial charge in [0, 0.05) is 18.5 Å². The average Bonchev–Trinajstić information content (AvgIpc) is 2.90. The molecule has 2 N–H and O–H groups in total. The van der Waals surface area contributed by atoms with Crippen LogP contribution in [0.1, 0.15) is 23.3 Å². The third-order valence-electron chi connectivity index (χ3n) is 3.85. The second-order valence-corrected chi connectivity index (χ2v) is 5.02. The summed E-state index contributed by atoms with van der Waals surface area (Å²) in [5.74, 6) is 0.00403. The Labute approximate surface area is 124 Å². The predicted octanol–water partition coefficient (Wildman–Crippen LogP) is 1.81. The minimum Gasteiger partial charge on any atom is -0.337 e. The van der Waals surface area contributed by atoms with Gasteiger partial charge in [-0.15, -0.1) is 12.4 Å². The summed E-state index contributed by atoms with van der Waals surface area (Å²) in [6, 6.07) is 8.04. The summed E-state index contributed by atoms with van der Waals surface area (Å²) in [7, 11) is 1.88. The number of benzene rings is 1. The quantitative estimate of drug-likeness (QED) is 0.888. The van der Waals surface area contributed by atoms with Crippen molar-refractivity contribution in [2.45, 2.75) is 18.9 Å². The van der Waals surface area contributed by atoms with E-state index < -0.39 is 0 Å². The molecule has 1 aliphatic rings. The molecule has 2 aromatic rings. The monoisotopic (exact) mass is 294 g/mol. The molecule has 0 atom stereocenters. The van der Waals surface area contributed by atoms with Crippen LogP contribution in [0.2, 0.25) is 0 Å². The zero-order valence-corrected chi connectivity index (χ0v) is 12.2. The number of amides is 1. The van der Waals surface area contributed by atoms with Gasteiger partial charge in [-0.2, -0.15) is 5.10 Å². The Hall–Kier alpha value is -1.59. The summed E-state index contributed by atoms with van der Waals surface area (Å²) < 4.78 is 0. The summed E-state index contributed by atoms with van der Waals surface area (Å²) in [4.78, 5) is 14.4. The molecule has 1 fully saturated rings. The van der Waals surface area contributed by atoms with Crippen molar-refractivity contribution in [1.82, 2.24) is 20.4 Å². The molecule has 1 saturated heterocycles. The topological polar surface area (TPSA) is 61.0 Å². The van der Waals surface area contributed by atoms with E-state index in [9.17, 15) is 4.79 Å². The van der Waals surface area contributed by atoms with Gasteiger partial charge in [-0.25, -0.2) is 0 Å². The van der Waals surface area contributed by atoms with Crippen LogP contribution in [0.4, 0.5) is 0 Å². The van der Waals surface area contributed by atoms with Gasteiger partial charge < -0.3 is 10.2 Å². The van der Waals surface area contributed by atoms with Crippen LogP contribution in [0.15, 0.2) is 24.3 Å². The molecular weight excluding hydrogens is 276 g/mol. The molecule has 1 aromatic heterocycles. The van der Waals surface area contributed by atoms with Crippen molar-refractivity contribution in [2.75, 3.05) is 20.1 Å². The van der Waals surface area contributed by atoms with Gasteiger partial charge >= 0.3 is 0 Å². The van der Waals surface area contributed by atoms with Crippen molar-refractivity contribution in [2.24, 2.45) is 0 Å². The summed E-state index contributed by atoms with van der Waals surface area (Å²) in [6.07, 6.45) is 2.01. The summed E-state index contributed by atoms with van der Waals surface area (Å²) in [5.41, 5.74) is 1.43. The van der Waals surface area contributed by atoms with E-state index in [2.05, 4.69) is 15.5 Å². The third-order valence-corrected chi connectivity index (χ3v) is 3.85. The van der Waals surface area contributed by atoms with Crippen molar-refractivity contribution in [3.05, 3.63) is 30.0 Å². The molecule has 0 bridgehead atoms. The van der Waals surface area contributed by atoms with Gasteiger partial charge in [-0.05, 0) is 32.0 Å². The lowest BCUT2D eigenvalue weighted by Gasteiger charge is -2.31. The maximum atomic E-state index is 12.5. The van der Waals surface area contributed by atoms with E-state index in [0.29, 0.717) is 11.7 Å². The SMILES string of the molecule is CN(C(=O)c1n[nH]c2ccccc12)C1CCNCC1.Cl. The largest absolute Gasteiger partial charge is 0.337 e. The van der Waals surface area contributed by atoms with Crippen LogP contribution < -0.4 is 5.32 Å². The molecule has 0 saturated carbocycles. The Morgan fingerprint density at radius 3 is 2.75 bits per heavy atom. The zero-order chi connectivity index (χ0) is 13.2. The highest BCUT2D eigenvalue weighted by molar-refractivity contribution is 6.04. The molecule has 5 nitrogen and oxygen atoms in total. The van der Waals surface area contributed by atoms with Gasteiger partial charge in [0.15, 0.2) is 5.69 Å². The molecule has 1 amide bonds. The number of hydrogen-bond donors (Lipinski definition) is 2. The van der Waals surface area contributed by atoms with Gasteiger partial charge in [0.2, 0.25) is 0 Å². The summed E-state index contributed by atoms with van der Waals surface area (Å²) in [5, 5.41) is 11.3. The first-order chi connectivity index (χ1) is 9.27. The number of carbonyl (C=O) groups excluding carboxylic acids is 1. The number of aromatic amines is 1. The molecule has 1 aliphatic heterocycles. The van der Waals surface area contributed by atoms with E-state index in [1.165, 1.54) is 0 Å². The summed E-state index contributed by atoms with van der Waals surface area (Å²) in [6.45, 7) is 1.95. The van der Waals surface area contributed by atoms with Crippen molar-refractivity contribution in [1.29, 1.82) is 0 Å². The van der Waals surface area contributed by atoms with Crippen molar-refractivity contribution in [3.63, 3.8) is 0 Å². The highest BCUT2D eigenvalue weighted by Gasteiger charge is 2.25. The first kappa shape index (κ1) is 14.8. The number of rotatable bonds is 2. The lowest BCUT2D eigenvalue weighted by Crippen LogP contribution is -2.44. The van der Waals surface area contributed by atoms with E-state index in [4.69, 9.17) is 0 Å². The van der Waals surface area contributed by atoms with Crippen molar-refractivity contribution >= 4 is 29.2 Å². The van der Waals surface area contributed by atoms with Crippen molar-refractivity contribution < 1.29 is 4.79 Å². The van der Waals surface area contributed by atoms with Crippen LogP contribution in [0.5, 0.6) is 0 Å². The maximum Gasteiger partial charge on any atom is 0.274 e. The van der Waals surface area contributed by atoms with Gasteiger partial charge in [-0.1, -0.05) is 18.2 Å². The molecule has 0 unspecified atom stereocenters. The fourth-order valence-corrected chi connectivity index (χ4v) is 2.65. The van der Waals surface area contributed by atoms with Gasteiger partial charge in [-0.3, -0.25) is 9.89 Å². The highest BCUT2D eigenvalue weighted by Crippen LogP contribution is 2.19. The predicted molar refractivity (Wildman–Crippen MR) is 81.3 cm³/mol. The van der Waals surface area contributed by atoms with Crippen LogP contribution in [-0.4, -0.2) is 47.2 Å². The van der Waals surface area contributed by atoms with Crippen LogP contribution in [-0.2, 0) is 0 Å². The standard InChI is InChI=1S/C14H18N4O.ClH/c1-18(10-6-8-15-9-7-10)14(19)13-11-4-2-3-5-12(11)16-17-13;/h2-5,10,15H,6-9H2,1H3,(H,16,17);1H.